The summed E-state index contributed by atoms with van der Waals surface area (Å²) in [4.78, 5) is 12.3. The lowest BCUT2D eigenvalue weighted by Gasteiger charge is -2.11. The molecule has 0 fully saturated rings. The highest BCUT2D eigenvalue weighted by Gasteiger charge is 2.16. The topological polar surface area (TPSA) is 100 Å². The van der Waals surface area contributed by atoms with Crippen LogP contribution in [0.25, 0.3) is 33.4 Å². The molecule has 0 aliphatic heterocycles. The van der Waals surface area contributed by atoms with E-state index in [0.717, 1.165) is 69.6 Å². The molecule has 0 saturated heterocycles. The molecule has 0 atom stereocenters. The van der Waals surface area contributed by atoms with Gasteiger partial charge >= 0.3 is 0 Å². The number of aromatic hydroxyl groups is 1. The van der Waals surface area contributed by atoms with Crippen LogP contribution in [0.2, 0.25) is 0 Å². The van der Waals surface area contributed by atoms with Crippen molar-refractivity contribution in [2.75, 3.05) is 6.54 Å². The number of hydrogen-bond acceptors (Lipinski definition) is 5. The maximum Gasteiger partial charge on any atom is 0.255 e. The third kappa shape index (κ3) is 6.05. The number of aryl methyl sites for hydroxylation is 1. The Labute approximate surface area is 243 Å². The molecule has 2 heterocycles. The van der Waals surface area contributed by atoms with E-state index in [0.29, 0.717) is 13.2 Å². The molecule has 0 aliphatic carbocycles. The summed E-state index contributed by atoms with van der Waals surface area (Å²) < 4.78 is 11.8. The van der Waals surface area contributed by atoms with Gasteiger partial charge in [-0.05, 0) is 84.5 Å². The molecule has 2 aromatic heterocycles. The number of H-pyrrole nitrogens is 1. The highest BCUT2D eigenvalue weighted by Crippen LogP contribution is 2.37. The van der Waals surface area contributed by atoms with Gasteiger partial charge in [0, 0.05) is 17.5 Å². The van der Waals surface area contributed by atoms with Crippen molar-refractivity contribution in [1.82, 2.24) is 15.5 Å². The van der Waals surface area contributed by atoms with Crippen LogP contribution in [0, 0.1) is 0 Å². The van der Waals surface area contributed by atoms with Crippen molar-refractivity contribution >= 4 is 16.8 Å². The number of nitrogens with one attached hydrogen (secondary N) is 2. The first-order valence-electron chi connectivity index (χ1n) is 14.0. The standard InChI is InChI=1S/C35H31N3O4/c39-33-13-5-4-11-27(33)35(40)36-19-7-6-12-31-30-21-29(34-14-8-20-41-34)28(22-32(30)38-37-31)25-15-17-26(18-16-25)42-23-24-9-2-1-3-10-24/h1-5,8-11,13-18,20-22,39H,6-7,12,19,23H2,(H,36,40)(H,37,38). The normalized spacial score (nSPS) is 11.0. The van der Waals surface area contributed by atoms with Crippen LogP contribution in [0.4, 0.5) is 0 Å². The summed E-state index contributed by atoms with van der Waals surface area (Å²) in [5.74, 6) is 1.31. The number of ether oxygens (including phenoxy) is 1. The number of aromatic amines is 1. The van der Waals surface area contributed by atoms with E-state index in [1.807, 2.05) is 54.6 Å². The first-order valence-corrected chi connectivity index (χ1v) is 14.0. The van der Waals surface area contributed by atoms with Crippen LogP contribution < -0.4 is 10.1 Å². The minimum atomic E-state index is -0.273. The lowest BCUT2D eigenvalue weighted by molar-refractivity contribution is 0.0950. The highest BCUT2D eigenvalue weighted by atomic mass is 16.5. The number of carbonyl (C=O) groups is 1. The number of para-hydroxylation sites is 1. The molecule has 0 spiro atoms. The largest absolute Gasteiger partial charge is 0.507 e. The zero-order chi connectivity index (χ0) is 28.7. The van der Waals surface area contributed by atoms with Crippen molar-refractivity contribution in [2.45, 2.75) is 25.9 Å². The van der Waals surface area contributed by atoms with Crippen molar-refractivity contribution in [3.8, 4) is 33.9 Å². The van der Waals surface area contributed by atoms with Crippen LogP contribution in [0.5, 0.6) is 11.5 Å². The minimum absolute atomic E-state index is 0.0166. The summed E-state index contributed by atoms with van der Waals surface area (Å²) in [6.45, 7) is 1.03. The number of unbranched alkanes of at least 4 members (excludes halogenated alkanes) is 1. The molecule has 0 saturated carbocycles. The van der Waals surface area contributed by atoms with Crippen LogP contribution in [-0.4, -0.2) is 27.8 Å². The van der Waals surface area contributed by atoms with E-state index in [1.165, 1.54) is 6.07 Å². The molecule has 0 unspecified atom stereocenters. The predicted octanol–water partition coefficient (Wildman–Crippen LogP) is 7.53. The van der Waals surface area contributed by atoms with E-state index in [-0.39, 0.29) is 17.2 Å². The summed E-state index contributed by atoms with van der Waals surface area (Å²) in [7, 11) is 0. The summed E-state index contributed by atoms with van der Waals surface area (Å²) >= 11 is 0. The van der Waals surface area contributed by atoms with Crippen molar-refractivity contribution in [3.05, 3.63) is 126 Å². The molecule has 7 nitrogen and oxygen atoms in total. The van der Waals surface area contributed by atoms with E-state index >= 15 is 0 Å². The number of furan rings is 1. The number of nitrogens with zero attached hydrogens (tertiary/aromatic N) is 1. The number of phenolic OH excluding ortho intramolecular Hbond substituents is 1. The Hall–Kier alpha value is -5.30. The maximum atomic E-state index is 12.3. The first-order chi connectivity index (χ1) is 20.7. The lowest BCUT2D eigenvalue weighted by atomic mass is 9.95. The molecule has 6 rings (SSSR count). The molecule has 7 heteroatoms. The number of benzene rings is 4. The number of aromatic nitrogens is 2. The fraction of sp³-hybridized carbons (Fsp3) is 0.143. The minimum Gasteiger partial charge on any atom is -0.507 e. The Bertz CT molecular complexity index is 1780. The summed E-state index contributed by atoms with van der Waals surface area (Å²) in [5.41, 5.74) is 6.41. The molecule has 0 bridgehead atoms. The van der Waals surface area contributed by atoms with Crippen LogP contribution in [-0.2, 0) is 13.0 Å². The second-order valence-electron chi connectivity index (χ2n) is 10.1. The van der Waals surface area contributed by atoms with Gasteiger partial charge < -0.3 is 19.6 Å². The van der Waals surface area contributed by atoms with Crippen molar-refractivity contribution in [1.29, 1.82) is 0 Å². The van der Waals surface area contributed by atoms with Crippen LogP contribution in [0.1, 0.15) is 34.5 Å². The van der Waals surface area contributed by atoms with E-state index in [4.69, 9.17) is 9.15 Å². The van der Waals surface area contributed by atoms with Gasteiger partial charge in [-0.1, -0.05) is 54.6 Å². The fourth-order valence-corrected chi connectivity index (χ4v) is 5.04. The van der Waals surface area contributed by atoms with Crippen molar-refractivity contribution in [2.24, 2.45) is 0 Å². The second kappa shape index (κ2) is 12.5. The molecule has 210 valence electrons. The zero-order valence-electron chi connectivity index (χ0n) is 23.0. The van der Waals surface area contributed by atoms with Crippen molar-refractivity contribution < 1.29 is 19.1 Å². The first kappa shape index (κ1) is 26.9. The van der Waals surface area contributed by atoms with E-state index in [2.05, 4.69) is 39.8 Å². The fourth-order valence-electron chi connectivity index (χ4n) is 5.04. The second-order valence-corrected chi connectivity index (χ2v) is 10.1. The average Bonchev–Trinajstić information content (AvgIpc) is 3.71. The Morgan fingerprint density at radius 1 is 0.881 bits per heavy atom. The molecule has 0 aliphatic rings. The SMILES string of the molecule is O=C(NCCCCc1n[nH]c2cc(-c3ccc(OCc4ccccc4)cc3)c(-c3ccco3)cc12)c1ccccc1O. The summed E-state index contributed by atoms with van der Waals surface area (Å²) in [5, 5.41) is 21.6. The smallest absolute Gasteiger partial charge is 0.255 e. The predicted molar refractivity (Wildman–Crippen MR) is 163 cm³/mol. The molecule has 1 amide bonds. The van der Waals surface area contributed by atoms with E-state index in [1.54, 1.807) is 24.5 Å². The molecular weight excluding hydrogens is 526 g/mol. The van der Waals surface area contributed by atoms with Gasteiger partial charge in [0.05, 0.1) is 23.0 Å². The zero-order valence-corrected chi connectivity index (χ0v) is 23.0. The van der Waals surface area contributed by atoms with Gasteiger partial charge in [0.2, 0.25) is 0 Å². The molecule has 4 aromatic carbocycles. The van der Waals surface area contributed by atoms with Crippen molar-refractivity contribution in [3.63, 3.8) is 0 Å². The maximum absolute atomic E-state index is 12.3. The Morgan fingerprint density at radius 3 is 2.48 bits per heavy atom. The molecule has 3 N–H and O–H groups in total. The van der Waals surface area contributed by atoms with E-state index in [9.17, 15) is 9.90 Å². The third-order valence-electron chi connectivity index (χ3n) is 7.25. The number of phenols is 1. The summed E-state index contributed by atoms with van der Waals surface area (Å²) in [6.07, 6.45) is 4.08. The Kier molecular flexibility index (Phi) is 7.99. The Morgan fingerprint density at radius 2 is 1.69 bits per heavy atom. The third-order valence-corrected chi connectivity index (χ3v) is 7.25. The number of hydrogen-bond donors (Lipinski definition) is 3. The number of carbonyl (C=O) groups excluding carboxylic acids is 1. The van der Waals surface area contributed by atoms with Gasteiger partial charge in [-0.25, -0.2) is 0 Å². The van der Waals surface area contributed by atoms with Crippen LogP contribution in [0.3, 0.4) is 0 Å². The Balaban J connectivity index is 1.15. The van der Waals surface area contributed by atoms with Gasteiger partial charge in [0.1, 0.15) is 23.9 Å². The number of rotatable bonds is 11. The van der Waals surface area contributed by atoms with Gasteiger partial charge in [-0.15, -0.1) is 0 Å². The van der Waals surface area contributed by atoms with E-state index < -0.39 is 0 Å². The molecular formula is C35H31N3O4. The average molecular weight is 558 g/mol. The van der Waals surface area contributed by atoms with Gasteiger partial charge in [0.25, 0.3) is 5.91 Å². The quantitative estimate of drug-likeness (QED) is 0.143. The van der Waals surface area contributed by atoms with Gasteiger partial charge in [-0.2, -0.15) is 5.10 Å². The molecule has 0 radical (unpaired) electrons. The van der Waals surface area contributed by atoms with Gasteiger partial charge in [0.15, 0.2) is 0 Å². The molecule has 42 heavy (non-hydrogen) atoms. The molecule has 6 aromatic rings. The van der Waals surface area contributed by atoms with Gasteiger partial charge in [-0.3, -0.25) is 9.89 Å². The highest BCUT2D eigenvalue weighted by molar-refractivity contribution is 5.97. The number of amides is 1. The van der Waals surface area contributed by atoms with Crippen LogP contribution >= 0.6 is 0 Å². The monoisotopic (exact) mass is 557 g/mol. The number of fused-ring (bicyclic) bond motifs is 1. The lowest BCUT2D eigenvalue weighted by Crippen LogP contribution is -2.24. The van der Waals surface area contributed by atoms with Crippen LogP contribution in [0.15, 0.2) is 114 Å². The summed E-state index contributed by atoms with van der Waals surface area (Å²) in [6, 6.07) is 32.9.